The highest BCUT2D eigenvalue weighted by Crippen LogP contribution is 2.21. The van der Waals surface area contributed by atoms with Gasteiger partial charge in [-0.1, -0.05) is 0 Å². The zero-order valence-corrected chi connectivity index (χ0v) is 12.5. The predicted octanol–water partition coefficient (Wildman–Crippen LogP) is -0.755. The molecule has 0 aromatic heterocycles. The largest absolute Gasteiger partial charge is 0.388 e. The number of aliphatic hydroxyl groups is 2. The van der Waals surface area contributed by atoms with Crippen molar-refractivity contribution in [3.63, 3.8) is 0 Å². The smallest absolute Gasteiger partial charge is 0.0816 e. The molecule has 2 rings (SSSR count). The Bertz CT molecular complexity index is 280. The molecular weight excluding hydrogens is 260 g/mol. The molecule has 0 aromatic carbocycles. The Morgan fingerprint density at radius 2 is 1.30 bits per heavy atom. The number of rotatable bonds is 5. The van der Waals surface area contributed by atoms with Gasteiger partial charge in [-0.05, 0) is 13.8 Å². The van der Waals surface area contributed by atoms with Crippen molar-refractivity contribution in [1.29, 1.82) is 0 Å². The van der Waals surface area contributed by atoms with Crippen LogP contribution in [0.15, 0.2) is 0 Å². The van der Waals surface area contributed by atoms with E-state index in [0.717, 1.165) is 13.1 Å². The molecule has 2 aliphatic heterocycles. The van der Waals surface area contributed by atoms with Crippen LogP contribution < -0.4 is 10.6 Å². The Morgan fingerprint density at radius 3 is 1.65 bits per heavy atom. The Morgan fingerprint density at radius 1 is 0.900 bits per heavy atom. The Hall–Kier alpha value is -0.240. The van der Waals surface area contributed by atoms with Crippen LogP contribution in [0.1, 0.15) is 26.7 Å². The molecule has 0 radical (unpaired) electrons. The van der Waals surface area contributed by atoms with E-state index in [1.165, 1.54) is 0 Å². The van der Waals surface area contributed by atoms with Crippen LogP contribution in [-0.4, -0.2) is 73.0 Å². The average molecular weight is 288 g/mol. The number of nitrogens with one attached hydrogen (secondary N) is 2. The van der Waals surface area contributed by atoms with Crippen molar-refractivity contribution in [2.24, 2.45) is 0 Å². The van der Waals surface area contributed by atoms with Crippen molar-refractivity contribution in [3.8, 4) is 0 Å². The maximum absolute atomic E-state index is 10.2. The average Bonchev–Trinajstić information content (AvgIpc) is 2.37. The van der Waals surface area contributed by atoms with Crippen molar-refractivity contribution in [2.45, 2.75) is 50.0 Å². The standard InChI is InChI=1S/C14H28N2O4/c1-13(17)3-7-19-9-11(13)15-5-6-16-12-10-20-8-4-14(12,2)18/h11-12,15-18H,3-10H2,1-2H3/t11-,12-,13-,14-/m0/s1. The zero-order chi connectivity index (χ0) is 14.6. The van der Waals surface area contributed by atoms with E-state index in [1.54, 1.807) is 0 Å². The van der Waals surface area contributed by atoms with Gasteiger partial charge in [0.25, 0.3) is 0 Å². The molecule has 0 amide bonds. The minimum absolute atomic E-state index is 0.0406. The van der Waals surface area contributed by atoms with E-state index in [-0.39, 0.29) is 12.1 Å². The summed E-state index contributed by atoms with van der Waals surface area (Å²) in [6.07, 6.45) is 1.31. The van der Waals surface area contributed by atoms with Crippen molar-refractivity contribution in [3.05, 3.63) is 0 Å². The van der Waals surface area contributed by atoms with Crippen LogP contribution in [0, 0.1) is 0 Å². The first kappa shape index (κ1) is 16.1. The van der Waals surface area contributed by atoms with E-state index in [0.29, 0.717) is 39.3 Å². The van der Waals surface area contributed by atoms with Crippen molar-refractivity contribution >= 4 is 0 Å². The van der Waals surface area contributed by atoms with Crippen LogP contribution in [0.4, 0.5) is 0 Å². The molecule has 118 valence electrons. The van der Waals surface area contributed by atoms with Gasteiger partial charge in [0.05, 0.1) is 36.5 Å². The first-order valence-corrected chi connectivity index (χ1v) is 7.49. The highest BCUT2D eigenvalue weighted by atomic mass is 16.5. The first-order chi connectivity index (χ1) is 9.42. The van der Waals surface area contributed by atoms with Crippen molar-refractivity contribution in [2.75, 3.05) is 39.5 Å². The molecule has 2 aliphatic rings. The van der Waals surface area contributed by atoms with Crippen LogP contribution >= 0.6 is 0 Å². The number of hydrogen-bond acceptors (Lipinski definition) is 6. The van der Waals surface area contributed by atoms with Gasteiger partial charge in [-0.2, -0.15) is 0 Å². The molecular formula is C14H28N2O4. The molecule has 0 unspecified atom stereocenters. The molecule has 6 nitrogen and oxygen atoms in total. The van der Waals surface area contributed by atoms with Gasteiger partial charge < -0.3 is 30.3 Å². The summed E-state index contributed by atoms with van der Waals surface area (Å²) in [5.41, 5.74) is -1.42. The molecule has 20 heavy (non-hydrogen) atoms. The second-order valence-electron chi connectivity index (χ2n) is 6.38. The second-order valence-corrected chi connectivity index (χ2v) is 6.38. The van der Waals surface area contributed by atoms with Crippen LogP contribution in [0.25, 0.3) is 0 Å². The molecule has 2 saturated heterocycles. The fourth-order valence-corrected chi connectivity index (χ4v) is 2.72. The lowest BCUT2D eigenvalue weighted by Gasteiger charge is -2.39. The van der Waals surface area contributed by atoms with Gasteiger partial charge in [0, 0.05) is 39.1 Å². The summed E-state index contributed by atoms with van der Waals surface area (Å²) in [5.74, 6) is 0. The predicted molar refractivity (Wildman–Crippen MR) is 75.7 cm³/mol. The van der Waals surface area contributed by atoms with E-state index in [9.17, 15) is 10.2 Å². The van der Waals surface area contributed by atoms with E-state index >= 15 is 0 Å². The van der Waals surface area contributed by atoms with Crippen LogP contribution in [0.3, 0.4) is 0 Å². The first-order valence-electron chi connectivity index (χ1n) is 7.49. The SMILES string of the molecule is C[C@]1(O)CCOC[C@@H]1NCCN[C@H]1COCC[C@]1(C)O. The van der Waals surface area contributed by atoms with Gasteiger partial charge in [0.1, 0.15) is 0 Å². The molecule has 4 atom stereocenters. The van der Waals surface area contributed by atoms with Crippen molar-refractivity contribution < 1.29 is 19.7 Å². The molecule has 0 aromatic rings. The molecule has 4 N–H and O–H groups in total. The number of hydrogen-bond donors (Lipinski definition) is 4. The minimum Gasteiger partial charge on any atom is -0.388 e. The maximum atomic E-state index is 10.2. The zero-order valence-electron chi connectivity index (χ0n) is 12.5. The normalized spacial score (nSPS) is 42.6. The van der Waals surface area contributed by atoms with E-state index in [1.807, 2.05) is 13.8 Å². The highest BCUT2D eigenvalue weighted by Gasteiger charge is 2.36. The summed E-state index contributed by atoms with van der Waals surface area (Å²) in [5, 5.41) is 27.1. The minimum atomic E-state index is -0.711. The summed E-state index contributed by atoms with van der Waals surface area (Å²) < 4.78 is 10.8. The summed E-state index contributed by atoms with van der Waals surface area (Å²) in [6.45, 7) is 7.44. The van der Waals surface area contributed by atoms with Gasteiger partial charge in [-0.15, -0.1) is 0 Å². The van der Waals surface area contributed by atoms with Crippen molar-refractivity contribution in [1.82, 2.24) is 10.6 Å². The van der Waals surface area contributed by atoms with Gasteiger partial charge in [0.2, 0.25) is 0 Å². The third kappa shape index (κ3) is 4.13. The van der Waals surface area contributed by atoms with Gasteiger partial charge in [-0.3, -0.25) is 0 Å². The Kier molecular flexibility index (Phi) is 5.39. The maximum Gasteiger partial charge on any atom is 0.0816 e. The monoisotopic (exact) mass is 288 g/mol. The van der Waals surface area contributed by atoms with Crippen LogP contribution in [0.2, 0.25) is 0 Å². The van der Waals surface area contributed by atoms with E-state index in [2.05, 4.69) is 10.6 Å². The lowest BCUT2D eigenvalue weighted by Crippen LogP contribution is -2.58. The van der Waals surface area contributed by atoms with Gasteiger partial charge in [-0.25, -0.2) is 0 Å². The lowest BCUT2D eigenvalue weighted by atomic mass is 9.91. The lowest BCUT2D eigenvalue weighted by molar-refractivity contribution is -0.0833. The summed E-state index contributed by atoms with van der Waals surface area (Å²) in [4.78, 5) is 0. The molecule has 2 fully saturated rings. The topological polar surface area (TPSA) is 83.0 Å². The highest BCUT2D eigenvalue weighted by molar-refractivity contribution is 4.92. The third-order valence-corrected chi connectivity index (χ3v) is 4.48. The van der Waals surface area contributed by atoms with Crippen LogP contribution in [0.5, 0.6) is 0 Å². The fraction of sp³-hybridized carbons (Fsp3) is 1.00. The Balaban J connectivity index is 1.68. The third-order valence-electron chi connectivity index (χ3n) is 4.48. The molecule has 0 bridgehead atoms. The molecule has 0 aliphatic carbocycles. The van der Waals surface area contributed by atoms with Gasteiger partial charge in [0.15, 0.2) is 0 Å². The number of ether oxygens (including phenoxy) is 2. The van der Waals surface area contributed by atoms with Gasteiger partial charge >= 0.3 is 0 Å². The molecule has 0 spiro atoms. The Labute approximate surface area is 120 Å². The summed E-state index contributed by atoms with van der Waals surface area (Å²) >= 11 is 0. The molecule has 0 saturated carbocycles. The quantitative estimate of drug-likeness (QED) is 0.498. The fourth-order valence-electron chi connectivity index (χ4n) is 2.72. The molecule has 2 heterocycles. The summed E-state index contributed by atoms with van der Waals surface area (Å²) in [6, 6.07) is -0.0812. The van der Waals surface area contributed by atoms with E-state index < -0.39 is 11.2 Å². The van der Waals surface area contributed by atoms with Crippen LogP contribution in [-0.2, 0) is 9.47 Å². The van der Waals surface area contributed by atoms with E-state index in [4.69, 9.17) is 9.47 Å². The second kappa shape index (κ2) is 6.68. The molecule has 6 heteroatoms. The summed E-state index contributed by atoms with van der Waals surface area (Å²) in [7, 11) is 0.